The molecule has 3 unspecified atom stereocenters. The van der Waals surface area contributed by atoms with Gasteiger partial charge in [-0.1, -0.05) is 18.2 Å². The Morgan fingerprint density at radius 3 is 2.88 bits per heavy atom. The second kappa shape index (κ2) is 6.55. The molecule has 0 radical (unpaired) electrons. The first kappa shape index (κ1) is 15.6. The van der Waals surface area contributed by atoms with E-state index in [1.807, 2.05) is 29.2 Å². The van der Waals surface area contributed by atoms with E-state index >= 15 is 0 Å². The number of rotatable bonds is 2. The van der Waals surface area contributed by atoms with Crippen LogP contribution in [0, 0.1) is 5.92 Å². The molecule has 1 amide bonds. The Labute approximate surface area is 141 Å². The molecule has 4 rings (SSSR count). The Kier molecular flexibility index (Phi) is 4.27. The molecule has 1 saturated heterocycles. The van der Waals surface area contributed by atoms with Crippen molar-refractivity contribution >= 4 is 11.7 Å². The van der Waals surface area contributed by atoms with Crippen molar-refractivity contribution in [3.63, 3.8) is 0 Å². The summed E-state index contributed by atoms with van der Waals surface area (Å²) in [7, 11) is 0. The van der Waals surface area contributed by atoms with Crippen LogP contribution < -0.4 is 4.74 Å². The molecule has 3 aliphatic rings. The number of amides is 1. The van der Waals surface area contributed by atoms with Crippen LogP contribution in [0.1, 0.15) is 31.2 Å². The molecule has 0 spiro atoms. The predicted octanol–water partition coefficient (Wildman–Crippen LogP) is 1.98. The van der Waals surface area contributed by atoms with Crippen molar-refractivity contribution in [1.29, 1.82) is 0 Å². The molecule has 1 saturated carbocycles. The van der Waals surface area contributed by atoms with Crippen LogP contribution in [0.3, 0.4) is 0 Å². The molecule has 2 heterocycles. The molecule has 1 aromatic rings. The first-order valence-corrected chi connectivity index (χ1v) is 8.89. The zero-order valence-corrected chi connectivity index (χ0v) is 13.8. The third-order valence-electron chi connectivity index (χ3n) is 5.46. The summed E-state index contributed by atoms with van der Waals surface area (Å²) < 4.78 is 11.5. The highest BCUT2D eigenvalue weighted by Crippen LogP contribution is 2.32. The molecule has 0 N–H and O–H groups in total. The minimum atomic E-state index is -0.447. The number of para-hydroxylation sites is 1. The number of fused-ring (bicyclic) bond motifs is 1. The molecule has 2 aliphatic heterocycles. The van der Waals surface area contributed by atoms with E-state index in [0.717, 1.165) is 30.6 Å². The van der Waals surface area contributed by atoms with Crippen molar-refractivity contribution in [2.75, 3.05) is 19.8 Å². The van der Waals surface area contributed by atoms with Gasteiger partial charge in [-0.05, 0) is 37.3 Å². The largest absolute Gasteiger partial charge is 0.480 e. The van der Waals surface area contributed by atoms with Crippen LogP contribution in [0.2, 0.25) is 0 Å². The van der Waals surface area contributed by atoms with Crippen molar-refractivity contribution in [3.8, 4) is 5.75 Å². The SMILES string of the molecule is O=C1CCCC1C1COCCN1C(=O)C1CCc2ccccc2O1. The van der Waals surface area contributed by atoms with E-state index in [2.05, 4.69) is 0 Å². The van der Waals surface area contributed by atoms with Crippen LogP contribution in [0.5, 0.6) is 5.75 Å². The summed E-state index contributed by atoms with van der Waals surface area (Å²) in [4.78, 5) is 27.1. The summed E-state index contributed by atoms with van der Waals surface area (Å²) >= 11 is 0. The maximum atomic E-state index is 13.1. The minimum Gasteiger partial charge on any atom is -0.480 e. The number of ketones is 1. The van der Waals surface area contributed by atoms with Gasteiger partial charge in [0.1, 0.15) is 11.5 Å². The zero-order valence-electron chi connectivity index (χ0n) is 13.8. The number of aryl methyl sites for hydroxylation is 1. The second-order valence-corrected chi connectivity index (χ2v) is 6.89. The fraction of sp³-hybridized carbons (Fsp3) is 0.579. The summed E-state index contributed by atoms with van der Waals surface area (Å²) in [6.07, 6.45) is 3.52. The lowest BCUT2D eigenvalue weighted by atomic mass is 9.94. The number of morpholine rings is 1. The molecule has 0 bridgehead atoms. The monoisotopic (exact) mass is 329 g/mol. The highest BCUT2D eigenvalue weighted by molar-refractivity contribution is 5.86. The van der Waals surface area contributed by atoms with Crippen molar-refractivity contribution in [2.45, 2.75) is 44.2 Å². The number of hydrogen-bond acceptors (Lipinski definition) is 4. The Morgan fingerprint density at radius 2 is 2.04 bits per heavy atom. The van der Waals surface area contributed by atoms with Crippen molar-refractivity contribution in [1.82, 2.24) is 4.90 Å². The van der Waals surface area contributed by atoms with Gasteiger partial charge in [0.05, 0.1) is 19.3 Å². The summed E-state index contributed by atoms with van der Waals surface area (Å²) in [5, 5.41) is 0. The van der Waals surface area contributed by atoms with Crippen molar-refractivity contribution < 1.29 is 19.1 Å². The van der Waals surface area contributed by atoms with Crippen LogP contribution in [0.15, 0.2) is 24.3 Å². The molecule has 1 aliphatic carbocycles. The fourth-order valence-electron chi connectivity index (χ4n) is 4.16. The molecule has 0 aromatic heterocycles. The third-order valence-corrected chi connectivity index (χ3v) is 5.46. The Hall–Kier alpha value is -1.88. The van der Waals surface area contributed by atoms with Gasteiger partial charge < -0.3 is 14.4 Å². The van der Waals surface area contributed by atoms with Crippen LogP contribution in [0.4, 0.5) is 0 Å². The smallest absolute Gasteiger partial charge is 0.264 e. The molecule has 128 valence electrons. The van der Waals surface area contributed by atoms with E-state index in [1.54, 1.807) is 0 Å². The van der Waals surface area contributed by atoms with Gasteiger partial charge in [-0.15, -0.1) is 0 Å². The van der Waals surface area contributed by atoms with Crippen molar-refractivity contribution in [2.24, 2.45) is 5.92 Å². The number of carbonyl (C=O) groups excluding carboxylic acids is 2. The molecule has 2 fully saturated rings. The molecule has 1 aromatic carbocycles. The van der Waals surface area contributed by atoms with Gasteiger partial charge in [0.25, 0.3) is 5.91 Å². The quantitative estimate of drug-likeness (QED) is 0.832. The van der Waals surface area contributed by atoms with Gasteiger partial charge in [0.2, 0.25) is 0 Å². The van der Waals surface area contributed by atoms with Gasteiger partial charge >= 0.3 is 0 Å². The number of nitrogens with zero attached hydrogens (tertiary/aromatic N) is 1. The predicted molar refractivity (Wildman–Crippen MR) is 87.8 cm³/mol. The lowest BCUT2D eigenvalue weighted by molar-refractivity contribution is -0.151. The van der Waals surface area contributed by atoms with E-state index < -0.39 is 6.10 Å². The van der Waals surface area contributed by atoms with Crippen molar-refractivity contribution in [3.05, 3.63) is 29.8 Å². The topological polar surface area (TPSA) is 55.8 Å². The number of Topliss-reactive ketones (excluding diaryl/α,β-unsaturated/α-hetero) is 1. The summed E-state index contributed by atoms with van der Waals surface area (Å²) in [6.45, 7) is 1.55. The number of benzene rings is 1. The zero-order chi connectivity index (χ0) is 16.5. The fourth-order valence-corrected chi connectivity index (χ4v) is 4.16. The average Bonchev–Trinajstić information content (AvgIpc) is 3.06. The molecular formula is C19H23NO4. The van der Waals surface area contributed by atoms with Gasteiger partial charge in [0, 0.05) is 18.9 Å². The number of hydrogen-bond donors (Lipinski definition) is 0. The lowest BCUT2D eigenvalue weighted by Gasteiger charge is -2.40. The first-order chi connectivity index (χ1) is 11.7. The van der Waals surface area contributed by atoms with Gasteiger partial charge in [-0.2, -0.15) is 0 Å². The van der Waals surface area contributed by atoms with E-state index in [9.17, 15) is 9.59 Å². The lowest BCUT2D eigenvalue weighted by Crippen LogP contribution is -2.56. The second-order valence-electron chi connectivity index (χ2n) is 6.89. The van der Waals surface area contributed by atoms with E-state index in [-0.39, 0.29) is 23.7 Å². The Bertz CT molecular complexity index is 644. The molecular weight excluding hydrogens is 306 g/mol. The average molecular weight is 329 g/mol. The normalized spacial score (nSPS) is 29.9. The summed E-state index contributed by atoms with van der Waals surface area (Å²) in [6, 6.07) is 7.77. The van der Waals surface area contributed by atoms with Crippen LogP contribution >= 0.6 is 0 Å². The molecule has 24 heavy (non-hydrogen) atoms. The minimum absolute atomic E-state index is 0.0116. The number of ether oxygens (including phenoxy) is 2. The van der Waals surface area contributed by atoms with Gasteiger partial charge in [0.15, 0.2) is 6.10 Å². The first-order valence-electron chi connectivity index (χ1n) is 8.89. The van der Waals surface area contributed by atoms with Crippen LogP contribution in [0.25, 0.3) is 0 Å². The molecule has 3 atom stereocenters. The van der Waals surface area contributed by atoms with Gasteiger partial charge in [-0.3, -0.25) is 9.59 Å². The van der Waals surface area contributed by atoms with E-state index in [0.29, 0.717) is 32.6 Å². The number of carbonyl (C=O) groups is 2. The highest BCUT2D eigenvalue weighted by Gasteiger charge is 2.42. The van der Waals surface area contributed by atoms with Crippen LogP contribution in [-0.4, -0.2) is 48.5 Å². The van der Waals surface area contributed by atoms with Gasteiger partial charge in [-0.25, -0.2) is 0 Å². The third kappa shape index (κ3) is 2.81. The summed E-state index contributed by atoms with van der Waals surface area (Å²) in [5.41, 5.74) is 1.16. The van der Waals surface area contributed by atoms with Crippen LogP contribution in [-0.2, 0) is 20.7 Å². The Balaban J connectivity index is 1.51. The molecule has 5 heteroatoms. The maximum absolute atomic E-state index is 13.1. The molecule has 5 nitrogen and oxygen atoms in total. The standard InChI is InChI=1S/C19H23NO4/c21-16-6-3-5-14(16)15-12-23-11-10-20(15)19(22)18-9-8-13-4-1-2-7-17(13)24-18/h1-2,4,7,14-15,18H,3,5-6,8-12H2. The van der Waals surface area contributed by atoms with E-state index in [4.69, 9.17) is 9.47 Å². The highest BCUT2D eigenvalue weighted by atomic mass is 16.5. The maximum Gasteiger partial charge on any atom is 0.264 e. The Morgan fingerprint density at radius 1 is 1.17 bits per heavy atom. The summed E-state index contributed by atoms with van der Waals surface area (Å²) in [5.74, 6) is 1.03. The van der Waals surface area contributed by atoms with E-state index in [1.165, 1.54) is 0 Å².